The van der Waals surface area contributed by atoms with Crippen LogP contribution in [0.4, 0.5) is 26.3 Å². The molecular formula is C26H22F6O6. The van der Waals surface area contributed by atoms with Crippen LogP contribution in [0.25, 0.3) is 22.1 Å². The third kappa shape index (κ3) is 7.30. The molecule has 38 heavy (non-hydrogen) atoms. The SMILES string of the molecule is C=C(C)C(=O)OCC(COc1ccc2cc(-c3ccc(OC)cc3C(F)(F)F)c(=O)oc2c1)CC(F)(F)F. The standard InChI is InChI=1S/C26H22F6O6/c1-14(2)23(33)37-13-15(11-25(27,28)29)12-36-18-5-4-16-8-20(24(34)38-22(16)10-18)19-7-6-17(35-3)9-21(19)26(30,31)32/h4-10,15H,1,11-13H2,2-3H3. The molecule has 204 valence electrons. The molecule has 3 rings (SSSR count). The maximum Gasteiger partial charge on any atom is 0.417 e. The van der Waals surface area contributed by atoms with E-state index in [0.717, 1.165) is 12.1 Å². The van der Waals surface area contributed by atoms with E-state index in [4.69, 9.17) is 18.6 Å². The van der Waals surface area contributed by atoms with E-state index in [1.54, 1.807) is 0 Å². The molecule has 0 radical (unpaired) electrons. The van der Waals surface area contributed by atoms with Crippen molar-refractivity contribution in [1.29, 1.82) is 0 Å². The number of rotatable bonds is 9. The lowest BCUT2D eigenvalue weighted by Gasteiger charge is -2.19. The number of halogens is 6. The van der Waals surface area contributed by atoms with E-state index in [1.807, 2.05) is 0 Å². The van der Waals surface area contributed by atoms with Crippen molar-refractivity contribution < 1.29 is 49.8 Å². The van der Waals surface area contributed by atoms with E-state index < -0.39 is 60.6 Å². The van der Waals surface area contributed by atoms with Gasteiger partial charge in [-0.05, 0) is 43.3 Å². The van der Waals surface area contributed by atoms with Crippen molar-refractivity contribution in [2.24, 2.45) is 5.92 Å². The molecule has 0 bridgehead atoms. The molecule has 0 N–H and O–H groups in total. The van der Waals surface area contributed by atoms with Gasteiger partial charge in [-0.2, -0.15) is 26.3 Å². The Kier molecular flexibility index (Phi) is 8.43. The van der Waals surface area contributed by atoms with Crippen molar-refractivity contribution in [3.05, 3.63) is 70.6 Å². The van der Waals surface area contributed by atoms with Gasteiger partial charge in [-0.25, -0.2) is 9.59 Å². The van der Waals surface area contributed by atoms with Crippen LogP contribution in [0.5, 0.6) is 11.5 Å². The molecule has 1 aromatic heterocycles. The Morgan fingerprint density at radius 1 is 0.974 bits per heavy atom. The van der Waals surface area contributed by atoms with Crippen LogP contribution in [-0.2, 0) is 15.7 Å². The van der Waals surface area contributed by atoms with Gasteiger partial charge in [0.2, 0.25) is 0 Å². The quantitative estimate of drug-likeness (QED) is 0.132. The first kappa shape index (κ1) is 28.6. The van der Waals surface area contributed by atoms with Crippen molar-refractivity contribution in [2.75, 3.05) is 20.3 Å². The topological polar surface area (TPSA) is 75.0 Å². The van der Waals surface area contributed by atoms with E-state index in [9.17, 15) is 35.9 Å². The molecule has 1 heterocycles. The molecule has 0 aliphatic carbocycles. The Morgan fingerprint density at radius 2 is 1.66 bits per heavy atom. The lowest BCUT2D eigenvalue weighted by molar-refractivity contribution is -0.158. The molecule has 2 aromatic carbocycles. The van der Waals surface area contributed by atoms with Crippen LogP contribution in [0, 0.1) is 5.92 Å². The van der Waals surface area contributed by atoms with Gasteiger partial charge in [0.25, 0.3) is 0 Å². The highest BCUT2D eigenvalue weighted by Crippen LogP contribution is 2.39. The molecule has 1 atom stereocenters. The third-order valence-corrected chi connectivity index (χ3v) is 5.33. The highest BCUT2D eigenvalue weighted by Gasteiger charge is 2.35. The molecule has 0 aliphatic rings. The summed E-state index contributed by atoms with van der Waals surface area (Å²) in [7, 11) is 1.21. The van der Waals surface area contributed by atoms with E-state index in [2.05, 4.69) is 6.58 Å². The summed E-state index contributed by atoms with van der Waals surface area (Å²) in [5.41, 5.74) is -2.94. The Labute approximate surface area is 212 Å². The summed E-state index contributed by atoms with van der Waals surface area (Å²) in [6.45, 7) is 3.66. The normalized spacial score (nSPS) is 12.7. The van der Waals surface area contributed by atoms with Gasteiger partial charge in [-0.15, -0.1) is 0 Å². The second-order valence-corrected chi connectivity index (χ2v) is 8.43. The van der Waals surface area contributed by atoms with E-state index >= 15 is 0 Å². The summed E-state index contributed by atoms with van der Waals surface area (Å²) < 4.78 is 100. The number of hydrogen-bond acceptors (Lipinski definition) is 6. The number of carbonyl (C=O) groups excluding carboxylic acids is 1. The van der Waals surface area contributed by atoms with Crippen LogP contribution in [0.3, 0.4) is 0 Å². The summed E-state index contributed by atoms with van der Waals surface area (Å²) in [5, 5.41) is 0.248. The molecule has 0 saturated heterocycles. The first-order valence-electron chi connectivity index (χ1n) is 11.0. The zero-order valence-electron chi connectivity index (χ0n) is 20.2. The second kappa shape index (κ2) is 11.2. The number of alkyl halides is 6. The molecule has 0 fully saturated rings. The molecule has 12 heteroatoms. The van der Waals surface area contributed by atoms with Crippen LogP contribution in [0.15, 0.2) is 63.8 Å². The van der Waals surface area contributed by atoms with Crippen molar-refractivity contribution >= 4 is 16.9 Å². The van der Waals surface area contributed by atoms with Gasteiger partial charge in [-0.3, -0.25) is 0 Å². The summed E-state index contributed by atoms with van der Waals surface area (Å²) >= 11 is 0. The van der Waals surface area contributed by atoms with Crippen LogP contribution in [0.2, 0.25) is 0 Å². The monoisotopic (exact) mass is 544 g/mol. The van der Waals surface area contributed by atoms with Crippen LogP contribution < -0.4 is 15.1 Å². The minimum Gasteiger partial charge on any atom is -0.497 e. The average Bonchev–Trinajstić information content (AvgIpc) is 2.83. The van der Waals surface area contributed by atoms with E-state index in [-0.39, 0.29) is 33.6 Å². The summed E-state index contributed by atoms with van der Waals surface area (Å²) in [6.07, 6.45) is -10.6. The first-order valence-corrected chi connectivity index (χ1v) is 11.0. The van der Waals surface area contributed by atoms with Crippen molar-refractivity contribution in [1.82, 2.24) is 0 Å². The number of benzene rings is 2. The fourth-order valence-corrected chi connectivity index (χ4v) is 3.51. The van der Waals surface area contributed by atoms with E-state index in [1.165, 1.54) is 44.4 Å². The fourth-order valence-electron chi connectivity index (χ4n) is 3.51. The molecule has 0 saturated carbocycles. The van der Waals surface area contributed by atoms with Gasteiger partial charge < -0.3 is 18.6 Å². The van der Waals surface area contributed by atoms with Crippen LogP contribution >= 0.6 is 0 Å². The number of fused-ring (bicyclic) bond motifs is 1. The first-order chi connectivity index (χ1) is 17.7. The second-order valence-electron chi connectivity index (χ2n) is 8.43. The van der Waals surface area contributed by atoms with Gasteiger partial charge in [-0.1, -0.05) is 6.58 Å². The molecule has 0 aliphatic heterocycles. The van der Waals surface area contributed by atoms with Crippen molar-refractivity contribution in [3.63, 3.8) is 0 Å². The van der Waals surface area contributed by atoms with Crippen molar-refractivity contribution in [2.45, 2.75) is 25.7 Å². The average molecular weight is 544 g/mol. The Hall–Kier alpha value is -3.96. The molecule has 1 unspecified atom stereocenters. The van der Waals surface area contributed by atoms with Gasteiger partial charge in [0.05, 0.1) is 37.9 Å². The minimum atomic E-state index is -4.78. The largest absolute Gasteiger partial charge is 0.497 e. The maximum atomic E-state index is 13.6. The molecular weight excluding hydrogens is 522 g/mol. The predicted octanol–water partition coefficient (Wildman–Crippen LogP) is 6.55. The third-order valence-electron chi connectivity index (χ3n) is 5.33. The smallest absolute Gasteiger partial charge is 0.417 e. The van der Waals surface area contributed by atoms with Gasteiger partial charge in [0, 0.05) is 28.5 Å². The lowest BCUT2D eigenvalue weighted by atomic mass is 9.99. The van der Waals surface area contributed by atoms with Gasteiger partial charge >= 0.3 is 23.9 Å². The predicted molar refractivity (Wildman–Crippen MR) is 125 cm³/mol. The zero-order valence-corrected chi connectivity index (χ0v) is 20.2. The minimum absolute atomic E-state index is 0.0256. The van der Waals surface area contributed by atoms with Crippen LogP contribution in [0.1, 0.15) is 18.9 Å². The molecule has 0 amide bonds. The summed E-state index contributed by atoms with van der Waals surface area (Å²) in [5.74, 6) is -2.09. The summed E-state index contributed by atoms with van der Waals surface area (Å²) in [6, 6.07) is 8.31. The highest BCUT2D eigenvalue weighted by atomic mass is 19.4. The Morgan fingerprint density at radius 3 is 2.26 bits per heavy atom. The number of esters is 1. The zero-order chi connectivity index (χ0) is 28.3. The van der Waals surface area contributed by atoms with E-state index in [0.29, 0.717) is 0 Å². The number of hydrogen-bond donors (Lipinski definition) is 0. The number of carbonyl (C=O) groups is 1. The van der Waals surface area contributed by atoms with Gasteiger partial charge in [0.1, 0.15) is 17.1 Å². The number of ether oxygens (including phenoxy) is 3. The Balaban J connectivity index is 1.87. The fraction of sp³-hybridized carbons (Fsp3) is 0.308. The summed E-state index contributed by atoms with van der Waals surface area (Å²) in [4.78, 5) is 24.2. The Bertz CT molecular complexity index is 1390. The van der Waals surface area contributed by atoms with Crippen LogP contribution in [-0.4, -0.2) is 32.5 Å². The van der Waals surface area contributed by atoms with Gasteiger partial charge in [0.15, 0.2) is 0 Å². The maximum absolute atomic E-state index is 13.6. The van der Waals surface area contributed by atoms with Crippen molar-refractivity contribution in [3.8, 4) is 22.6 Å². The lowest BCUT2D eigenvalue weighted by Crippen LogP contribution is -2.26. The molecule has 0 spiro atoms. The molecule has 6 nitrogen and oxygen atoms in total. The number of methoxy groups -OCH3 is 1. The highest BCUT2D eigenvalue weighted by molar-refractivity contribution is 5.87. The molecule has 3 aromatic rings.